The van der Waals surface area contributed by atoms with Crippen molar-refractivity contribution in [2.45, 2.75) is 12.5 Å². The summed E-state index contributed by atoms with van der Waals surface area (Å²) < 4.78 is 0. The van der Waals surface area contributed by atoms with Gasteiger partial charge in [-0.25, -0.2) is 0 Å². The van der Waals surface area contributed by atoms with Gasteiger partial charge in [0.15, 0.2) is 0 Å². The summed E-state index contributed by atoms with van der Waals surface area (Å²) in [5, 5.41) is 8.64. The van der Waals surface area contributed by atoms with Crippen molar-refractivity contribution in [2.24, 2.45) is 0 Å². The van der Waals surface area contributed by atoms with Crippen molar-refractivity contribution in [2.75, 3.05) is 11.8 Å². The Balaban J connectivity index is 0. The number of aliphatic hydroxyl groups is 1. The third-order valence-electron chi connectivity index (χ3n) is 0.620. The predicted molar refractivity (Wildman–Crippen MR) is 47.9 cm³/mol. The molecule has 0 fully saturated rings. The molecule has 0 heterocycles. The molecule has 5 heteroatoms. The first kappa shape index (κ1) is 12.7. The van der Waals surface area contributed by atoms with Gasteiger partial charge in [0.2, 0.25) is 0 Å². The minimum absolute atomic E-state index is 0.284. The van der Waals surface area contributed by atoms with Crippen LogP contribution in [0.1, 0.15) is 6.42 Å². The van der Waals surface area contributed by atoms with Crippen molar-refractivity contribution >= 4 is 43.8 Å². The van der Waals surface area contributed by atoms with E-state index in [1.54, 1.807) is 0 Å². The lowest BCUT2D eigenvalue weighted by atomic mass is 10.3. The molecular weight excluding hydrogens is 198 g/mol. The van der Waals surface area contributed by atoms with Crippen molar-refractivity contribution in [3.8, 4) is 0 Å². The van der Waals surface area contributed by atoms with Crippen LogP contribution in [0.25, 0.3) is 0 Å². The van der Waals surface area contributed by atoms with E-state index < -0.39 is 6.10 Å². The molecule has 0 saturated heterocycles. The molecule has 1 unspecified atom stereocenters. The highest BCUT2D eigenvalue weighted by molar-refractivity contribution is 6.80. The molecule has 1 N–H and O–H groups in total. The zero-order chi connectivity index (χ0) is 7.70. The highest BCUT2D eigenvalue weighted by Crippen LogP contribution is 1.94. The van der Waals surface area contributed by atoms with Gasteiger partial charge in [-0.2, -0.15) is 11.1 Å². The molecule has 0 spiro atoms. The Kier molecular flexibility index (Phi) is 16.6. The largest absolute Gasteiger partial charge is 0.392 e. The number of aliphatic hydroxyl groups excluding tert-OH is 1. The topological polar surface area (TPSA) is 20.2 Å². The van der Waals surface area contributed by atoms with Gasteiger partial charge in [0.1, 0.15) is 9.55 Å². The second-order valence-electron chi connectivity index (χ2n) is 1.29. The van der Waals surface area contributed by atoms with E-state index in [0.29, 0.717) is 12.3 Å². The van der Waals surface area contributed by atoms with E-state index in [2.05, 4.69) is 0 Å². The zero-order valence-electron chi connectivity index (χ0n) is 5.28. The second kappa shape index (κ2) is 11.8. The van der Waals surface area contributed by atoms with Crippen LogP contribution >= 0.6 is 34.3 Å². The predicted octanol–water partition coefficient (Wildman–Crippen LogP) is 0.721. The molecule has 0 rings (SSSR count). The molecule has 0 aliphatic carbocycles. The molecule has 1 atom stereocenters. The maximum absolute atomic E-state index is 8.64. The lowest BCUT2D eigenvalue weighted by Gasteiger charge is -1.99. The molecule has 0 aliphatic rings. The Morgan fingerprint density at radius 2 is 1.78 bits per heavy atom. The molecule has 0 amide bonds. The van der Waals surface area contributed by atoms with Gasteiger partial charge >= 0.3 is 0 Å². The van der Waals surface area contributed by atoms with Crippen molar-refractivity contribution in [1.29, 1.82) is 0 Å². The van der Waals surface area contributed by atoms with Crippen molar-refractivity contribution in [3.63, 3.8) is 0 Å². The van der Waals surface area contributed by atoms with Gasteiger partial charge in [0.05, 0.1) is 6.10 Å². The summed E-state index contributed by atoms with van der Waals surface area (Å²) in [6.07, 6.45) is 0.171. The number of hydrogen-bond donors (Lipinski definition) is 1. The maximum Gasteiger partial charge on any atom is 0.109 e. The van der Waals surface area contributed by atoms with Gasteiger partial charge in [-0.05, 0) is 6.42 Å². The van der Waals surface area contributed by atoms with Crippen LogP contribution in [-0.2, 0) is 0 Å². The first-order valence-corrected chi connectivity index (χ1v) is 6.58. The van der Waals surface area contributed by atoms with Crippen LogP contribution in [0.2, 0.25) is 0 Å². The second-order valence-corrected chi connectivity index (χ2v) is 1.97. The molecule has 0 radical (unpaired) electrons. The summed E-state index contributed by atoms with van der Waals surface area (Å²) >= 11 is 15.3. The molecule has 0 aromatic heterocycles. The molecule has 0 aromatic carbocycles. The molecule has 0 bridgehead atoms. The third kappa shape index (κ3) is 12.3. The van der Waals surface area contributed by atoms with E-state index in [9.17, 15) is 0 Å². The fourth-order valence-electron chi connectivity index (χ4n) is 0.203. The number of alkyl halides is 2. The quantitative estimate of drug-likeness (QED) is 0.413. The third-order valence-corrected chi connectivity index (χ3v) is 1.19. The van der Waals surface area contributed by atoms with Crippen LogP contribution in [0.3, 0.4) is 0 Å². The van der Waals surface area contributed by atoms with Gasteiger partial charge in [0.25, 0.3) is 0 Å². The van der Waals surface area contributed by atoms with E-state index in [1.807, 2.05) is 0 Å². The van der Waals surface area contributed by atoms with Gasteiger partial charge in [-0.15, -0.1) is 23.2 Å². The standard InChI is InChI=1S/C4H8Cl2O.ClH3Si/c5-2-1-4(7)3-6;1-2/h4,7H,1-3H2;2H3. The zero-order valence-corrected chi connectivity index (χ0v) is 9.55. The monoisotopic (exact) mass is 208 g/mol. The SMILES string of the molecule is OC(CCl)CCCl.[SiH3]Cl. The summed E-state index contributed by atoms with van der Waals surface area (Å²) in [5.74, 6) is 0.764. The number of hydrogen-bond acceptors (Lipinski definition) is 1. The fourth-order valence-corrected chi connectivity index (χ4v) is 0.609. The Hall–Kier alpha value is 1.05. The molecule has 58 valence electrons. The Labute approximate surface area is 73.4 Å². The minimum Gasteiger partial charge on any atom is -0.392 e. The first-order chi connectivity index (χ1) is 4.31. The summed E-state index contributed by atoms with van der Waals surface area (Å²) in [6, 6.07) is 0. The molecular formula is C4H11Cl3OSi. The van der Waals surface area contributed by atoms with Gasteiger partial charge < -0.3 is 5.11 Å². The molecule has 0 aliphatic heterocycles. The number of rotatable bonds is 3. The van der Waals surface area contributed by atoms with Gasteiger partial charge in [-0.3, -0.25) is 0 Å². The van der Waals surface area contributed by atoms with E-state index in [-0.39, 0.29) is 5.88 Å². The van der Waals surface area contributed by atoms with Crippen molar-refractivity contribution < 1.29 is 5.11 Å². The van der Waals surface area contributed by atoms with E-state index in [1.165, 1.54) is 0 Å². The number of halogens is 3. The summed E-state index contributed by atoms with van der Waals surface area (Å²) in [7, 11) is 0.778. The lowest BCUT2D eigenvalue weighted by Crippen LogP contribution is -2.07. The maximum atomic E-state index is 8.64. The average molecular weight is 210 g/mol. The van der Waals surface area contributed by atoms with Crippen molar-refractivity contribution in [3.05, 3.63) is 0 Å². The molecule has 9 heavy (non-hydrogen) atoms. The van der Waals surface area contributed by atoms with Gasteiger partial charge in [0, 0.05) is 11.8 Å². The summed E-state index contributed by atoms with van der Waals surface area (Å²) in [5.41, 5.74) is 0. The first-order valence-electron chi connectivity index (χ1n) is 2.49. The smallest absolute Gasteiger partial charge is 0.109 e. The normalized spacial score (nSPS) is 12.0. The molecule has 0 saturated carbocycles. The van der Waals surface area contributed by atoms with Gasteiger partial charge in [-0.1, -0.05) is 0 Å². The highest BCUT2D eigenvalue weighted by Gasteiger charge is 1.97. The van der Waals surface area contributed by atoms with Crippen LogP contribution in [0, 0.1) is 0 Å². The van der Waals surface area contributed by atoms with Crippen LogP contribution < -0.4 is 0 Å². The Bertz CT molecular complexity index is 46.8. The van der Waals surface area contributed by atoms with E-state index in [0.717, 1.165) is 9.55 Å². The molecule has 1 nitrogen and oxygen atoms in total. The Morgan fingerprint density at radius 1 is 1.33 bits per heavy atom. The van der Waals surface area contributed by atoms with E-state index >= 15 is 0 Å². The van der Waals surface area contributed by atoms with Crippen LogP contribution in [0.4, 0.5) is 0 Å². The molecule has 0 aromatic rings. The lowest BCUT2D eigenvalue weighted by molar-refractivity contribution is 0.195. The van der Waals surface area contributed by atoms with Crippen LogP contribution in [-0.4, -0.2) is 32.5 Å². The Morgan fingerprint density at radius 3 is 1.89 bits per heavy atom. The van der Waals surface area contributed by atoms with Crippen LogP contribution in [0.15, 0.2) is 0 Å². The van der Waals surface area contributed by atoms with E-state index in [4.69, 9.17) is 39.4 Å². The fraction of sp³-hybridized carbons (Fsp3) is 1.00. The summed E-state index contributed by atoms with van der Waals surface area (Å²) in [6.45, 7) is 0. The van der Waals surface area contributed by atoms with Crippen molar-refractivity contribution in [1.82, 2.24) is 0 Å². The minimum atomic E-state index is -0.417. The highest BCUT2D eigenvalue weighted by atomic mass is 35.6. The average Bonchev–Trinajstić information content (AvgIpc) is 1.93. The summed E-state index contributed by atoms with van der Waals surface area (Å²) in [4.78, 5) is 0. The van der Waals surface area contributed by atoms with Crippen LogP contribution in [0.5, 0.6) is 0 Å².